The standard InChI is InChI=1S/C20H29N3O4/c1-3-7-21-20(25)23(15(2)24)10-17-6-4-5-16(8-17)9-22(11-18-13-26-18)12-19-14-27-19/h4-6,8,18-19H,3,7,9-14H2,1-2H3,(H,21,25). The van der Waals surface area contributed by atoms with E-state index in [1.807, 2.05) is 19.1 Å². The first kappa shape index (κ1) is 19.8. The molecule has 2 unspecified atom stereocenters. The summed E-state index contributed by atoms with van der Waals surface area (Å²) in [6.45, 7) is 8.52. The first-order valence-corrected chi connectivity index (χ1v) is 9.64. The van der Waals surface area contributed by atoms with Gasteiger partial charge in [-0.15, -0.1) is 0 Å². The molecule has 2 aliphatic rings. The molecule has 0 saturated carbocycles. The molecule has 2 fully saturated rings. The van der Waals surface area contributed by atoms with E-state index in [1.165, 1.54) is 11.8 Å². The molecule has 0 aromatic heterocycles. The third-order valence-electron chi connectivity index (χ3n) is 4.62. The number of hydrogen-bond donors (Lipinski definition) is 1. The van der Waals surface area contributed by atoms with Crippen LogP contribution in [0, 0.1) is 0 Å². The number of urea groups is 1. The van der Waals surface area contributed by atoms with Crippen LogP contribution in [0.5, 0.6) is 0 Å². The van der Waals surface area contributed by atoms with E-state index >= 15 is 0 Å². The summed E-state index contributed by atoms with van der Waals surface area (Å²) in [5, 5.41) is 2.77. The molecule has 1 aromatic rings. The summed E-state index contributed by atoms with van der Waals surface area (Å²) < 4.78 is 10.7. The first-order valence-electron chi connectivity index (χ1n) is 9.64. The lowest BCUT2D eigenvalue weighted by molar-refractivity contribution is -0.126. The smallest absolute Gasteiger partial charge is 0.324 e. The van der Waals surface area contributed by atoms with E-state index in [0.717, 1.165) is 50.4 Å². The van der Waals surface area contributed by atoms with Crippen LogP contribution in [-0.2, 0) is 27.4 Å². The summed E-state index contributed by atoms with van der Waals surface area (Å²) >= 11 is 0. The quantitative estimate of drug-likeness (QED) is 0.631. The first-order chi connectivity index (χ1) is 13.0. The van der Waals surface area contributed by atoms with Crippen molar-refractivity contribution < 1.29 is 19.1 Å². The van der Waals surface area contributed by atoms with Crippen LogP contribution in [0.1, 0.15) is 31.4 Å². The fourth-order valence-corrected chi connectivity index (χ4v) is 3.05. The molecule has 0 radical (unpaired) electrons. The Bertz CT molecular complexity index is 644. The number of nitrogens with zero attached hydrogens (tertiary/aromatic N) is 2. The summed E-state index contributed by atoms with van der Waals surface area (Å²) in [6.07, 6.45) is 1.50. The molecular formula is C20H29N3O4. The molecule has 3 rings (SSSR count). The second-order valence-electron chi connectivity index (χ2n) is 7.26. The van der Waals surface area contributed by atoms with Crippen LogP contribution in [0.4, 0.5) is 4.79 Å². The zero-order valence-electron chi connectivity index (χ0n) is 16.1. The molecule has 0 aliphatic carbocycles. The van der Waals surface area contributed by atoms with E-state index in [1.54, 1.807) is 0 Å². The Hall–Kier alpha value is -1.96. The van der Waals surface area contributed by atoms with E-state index in [9.17, 15) is 9.59 Å². The topological polar surface area (TPSA) is 77.7 Å². The largest absolute Gasteiger partial charge is 0.372 e. The number of nitrogens with one attached hydrogen (secondary N) is 1. The van der Waals surface area contributed by atoms with Crippen molar-refractivity contribution in [2.45, 2.75) is 45.6 Å². The summed E-state index contributed by atoms with van der Waals surface area (Å²) in [4.78, 5) is 27.7. The Morgan fingerprint density at radius 3 is 2.22 bits per heavy atom. The lowest BCUT2D eigenvalue weighted by atomic mass is 10.1. The maximum absolute atomic E-state index is 12.2. The molecule has 7 nitrogen and oxygen atoms in total. The van der Waals surface area contributed by atoms with Gasteiger partial charge >= 0.3 is 6.03 Å². The highest BCUT2D eigenvalue weighted by Gasteiger charge is 2.30. The van der Waals surface area contributed by atoms with Crippen molar-refractivity contribution in [1.29, 1.82) is 0 Å². The highest BCUT2D eigenvalue weighted by atomic mass is 16.6. The van der Waals surface area contributed by atoms with Gasteiger partial charge in [-0.3, -0.25) is 14.6 Å². The molecule has 0 spiro atoms. The number of hydrogen-bond acceptors (Lipinski definition) is 5. The molecule has 2 aliphatic heterocycles. The van der Waals surface area contributed by atoms with Crippen LogP contribution < -0.4 is 5.32 Å². The van der Waals surface area contributed by atoms with Gasteiger partial charge in [0.25, 0.3) is 0 Å². The molecule has 27 heavy (non-hydrogen) atoms. The van der Waals surface area contributed by atoms with Crippen LogP contribution in [-0.4, -0.2) is 66.8 Å². The van der Waals surface area contributed by atoms with Crippen LogP contribution in [0.25, 0.3) is 0 Å². The minimum absolute atomic E-state index is 0.257. The molecule has 1 N–H and O–H groups in total. The van der Waals surface area contributed by atoms with E-state index in [2.05, 4.69) is 22.3 Å². The predicted molar refractivity (Wildman–Crippen MR) is 101 cm³/mol. The monoisotopic (exact) mass is 375 g/mol. The fourth-order valence-electron chi connectivity index (χ4n) is 3.05. The normalized spacial score (nSPS) is 20.4. The third kappa shape index (κ3) is 6.61. The van der Waals surface area contributed by atoms with Crippen molar-refractivity contribution in [1.82, 2.24) is 15.1 Å². The molecule has 7 heteroatoms. The van der Waals surface area contributed by atoms with E-state index in [4.69, 9.17) is 9.47 Å². The molecule has 0 bridgehead atoms. The van der Waals surface area contributed by atoms with Crippen molar-refractivity contribution in [2.24, 2.45) is 0 Å². The number of benzene rings is 1. The Morgan fingerprint density at radius 2 is 1.70 bits per heavy atom. The lowest BCUT2D eigenvalue weighted by Gasteiger charge is -2.22. The highest BCUT2D eigenvalue weighted by molar-refractivity contribution is 5.93. The van der Waals surface area contributed by atoms with E-state index < -0.39 is 0 Å². The molecule has 2 saturated heterocycles. The van der Waals surface area contributed by atoms with Gasteiger partial charge in [-0.1, -0.05) is 31.2 Å². The van der Waals surface area contributed by atoms with Crippen molar-refractivity contribution in [3.8, 4) is 0 Å². The van der Waals surface area contributed by atoms with Gasteiger partial charge in [0.15, 0.2) is 0 Å². The Labute approximate surface area is 160 Å². The van der Waals surface area contributed by atoms with Gasteiger partial charge in [-0.2, -0.15) is 0 Å². The number of ether oxygens (including phenoxy) is 2. The summed E-state index contributed by atoms with van der Waals surface area (Å²) in [6, 6.07) is 7.73. The minimum Gasteiger partial charge on any atom is -0.372 e. The van der Waals surface area contributed by atoms with Crippen molar-refractivity contribution in [2.75, 3.05) is 32.8 Å². The van der Waals surface area contributed by atoms with Gasteiger partial charge in [0.1, 0.15) is 0 Å². The maximum Gasteiger partial charge on any atom is 0.324 e. The van der Waals surface area contributed by atoms with Crippen molar-refractivity contribution >= 4 is 11.9 Å². The fraction of sp³-hybridized carbons (Fsp3) is 0.600. The van der Waals surface area contributed by atoms with Crippen LogP contribution in [0.2, 0.25) is 0 Å². The lowest BCUT2D eigenvalue weighted by Crippen LogP contribution is -2.42. The molecule has 2 heterocycles. The second-order valence-corrected chi connectivity index (χ2v) is 7.26. The molecule has 1 aromatic carbocycles. The zero-order chi connectivity index (χ0) is 19.2. The van der Waals surface area contributed by atoms with Crippen molar-refractivity contribution in [3.63, 3.8) is 0 Å². The average Bonchev–Trinajstić information content (AvgIpc) is 3.55. The zero-order valence-corrected chi connectivity index (χ0v) is 16.1. The van der Waals surface area contributed by atoms with Crippen LogP contribution >= 0.6 is 0 Å². The predicted octanol–water partition coefficient (Wildman–Crippen LogP) is 1.75. The number of amides is 3. The number of carbonyl (C=O) groups excluding carboxylic acids is 2. The van der Waals surface area contributed by atoms with Gasteiger partial charge in [0.2, 0.25) is 5.91 Å². The minimum atomic E-state index is -0.340. The molecular weight excluding hydrogens is 346 g/mol. The van der Waals surface area contributed by atoms with Gasteiger partial charge in [-0.25, -0.2) is 4.79 Å². The number of imide groups is 1. The van der Waals surface area contributed by atoms with Crippen LogP contribution in [0.3, 0.4) is 0 Å². The Balaban J connectivity index is 1.62. The summed E-state index contributed by atoms with van der Waals surface area (Å²) in [5.41, 5.74) is 2.10. The van der Waals surface area contributed by atoms with Crippen LogP contribution in [0.15, 0.2) is 24.3 Å². The summed E-state index contributed by atoms with van der Waals surface area (Å²) in [7, 11) is 0. The third-order valence-corrected chi connectivity index (χ3v) is 4.62. The number of carbonyl (C=O) groups is 2. The Morgan fingerprint density at radius 1 is 1.11 bits per heavy atom. The molecule has 148 valence electrons. The highest BCUT2D eigenvalue weighted by Crippen LogP contribution is 2.19. The average molecular weight is 375 g/mol. The van der Waals surface area contributed by atoms with Gasteiger partial charge in [0, 0.05) is 33.1 Å². The Kier molecular flexibility index (Phi) is 6.82. The maximum atomic E-state index is 12.2. The van der Waals surface area contributed by atoms with E-state index in [0.29, 0.717) is 18.8 Å². The molecule has 3 amide bonds. The summed E-state index contributed by atoms with van der Waals surface area (Å²) in [5.74, 6) is -0.257. The number of rotatable bonds is 10. The van der Waals surface area contributed by atoms with Crippen molar-refractivity contribution in [3.05, 3.63) is 35.4 Å². The van der Waals surface area contributed by atoms with Gasteiger partial charge < -0.3 is 14.8 Å². The SMILES string of the molecule is CCCNC(=O)N(Cc1cccc(CN(CC2CO2)CC2CO2)c1)C(C)=O. The van der Waals surface area contributed by atoms with Gasteiger partial charge in [0.05, 0.1) is 32.0 Å². The van der Waals surface area contributed by atoms with E-state index in [-0.39, 0.29) is 18.5 Å². The second kappa shape index (κ2) is 9.30. The molecule has 2 atom stereocenters. The number of epoxide rings is 2. The van der Waals surface area contributed by atoms with Gasteiger partial charge in [-0.05, 0) is 17.5 Å².